The molecular weight excluding hydrogens is 268 g/mol. The first kappa shape index (κ1) is 16.3. The van der Waals surface area contributed by atoms with Gasteiger partial charge in [0.15, 0.2) is 0 Å². The Morgan fingerprint density at radius 2 is 1.81 bits per heavy atom. The van der Waals surface area contributed by atoms with Crippen LogP contribution in [0.25, 0.3) is 0 Å². The molecule has 0 aliphatic heterocycles. The lowest BCUT2D eigenvalue weighted by Gasteiger charge is -2.37. The van der Waals surface area contributed by atoms with Crippen LogP contribution in [0.1, 0.15) is 59.3 Å². The van der Waals surface area contributed by atoms with Crippen LogP contribution >= 0.6 is 0 Å². The summed E-state index contributed by atoms with van der Waals surface area (Å²) in [7, 11) is 0. The molecule has 0 unspecified atom stereocenters. The van der Waals surface area contributed by atoms with Crippen LogP contribution in [-0.2, 0) is 19.1 Å². The minimum absolute atomic E-state index is 0.0660. The third kappa shape index (κ3) is 5.01. The average Bonchev–Trinajstić information content (AvgIpc) is 3.25. The molecule has 4 nitrogen and oxygen atoms in total. The molecule has 0 aromatic heterocycles. The highest BCUT2D eigenvalue weighted by Crippen LogP contribution is 2.41. The van der Waals surface area contributed by atoms with Crippen molar-refractivity contribution in [2.45, 2.75) is 59.3 Å². The largest absolute Gasteiger partial charge is 0.462 e. The Morgan fingerprint density at radius 3 is 2.43 bits per heavy atom. The summed E-state index contributed by atoms with van der Waals surface area (Å²) in [6, 6.07) is 0. The van der Waals surface area contributed by atoms with E-state index in [0.29, 0.717) is 11.3 Å². The maximum atomic E-state index is 12.1. The van der Waals surface area contributed by atoms with Crippen molar-refractivity contribution < 1.29 is 19.1 Å². The van der Waals surface area contributed by atoms with Crippen LogP contribution < -0.4 is 0 Å². The standard InChI is InChI=1S/C17H28O4/c1-12(14-5-4-8-17(2,3)11-14)15(18)20-9-10-21-16(19)13-6-7-13/h12-14H,4-11H2,1-3H3/t12-,14+/m0/s1. The smallest absolute Gasteiger partial charge is 0.309 e. The Kier molecular flexibility index (Phi) is 5.28. The molecule has 0 saturated heterocycles. The molecule has 0 amide bonds. The summed E-state index contributed by atoms with van der Waals surface area (Å²) in [6.45, 7) is 6.87. The normalized spacial score (nSPS) is 26.0. The Morgan fingerprint density at radius 1 is 1.14 bits per heavy atom. The number of hydrogen-bond acceptors (Lipinski definition) is 4. The highest BCUT2D eigenvalue weighted by atomic mass is 16.6. The SMILES string of the molecule is C[C@H](C(=O)OCCOC(=O)C1CC1)[C@@H]1CCCC(C)(C)C1. The topological polar surface area (TPSA) is 52.6 Å². The lowest BCUT2D eigenvalue weighted by Crippen LogP contribution is -2.31. The lowest BCUT2D eigenvalue weighted by atomic mass is 9.68. The van der Waals surface area contributed by atoms with Gasteiger partial charge in [-0.15, -0.1) is 0 Å². The molecule has 0 radical (unpaired) electrons. The van der Waals surface area contributed by atoms with E-state index in [9.17, 15) is 9.59 Å². The fraction of sp³-hybridized carbons (Fsp3) is 0.882. The lowest BCUT2D eigenvalue weighted by molar-refractivity contribution is -0.157. The van der Waals surface area contributed by atoms with Gasteiger partial charge in [-0.05, 0) is 43.4 Å². The molecule has 2 fully saturated rings. The van der Waals surface area contributed by atoms with Crippen LogP contribution in [0.5, 0.6) is 0 Å². The zero-order valence-corrected chi connectivity index (χ0v) is 13.5. The van der Waals surface area contributed by atoms with Crippen molar-refractivity contribution in [3.05, 3.63) is 0 Å². The van der Waals surface area contributed by atoms with Crippen LogP contribution in [0.2, 0.25) is 0 Å². The summed E-state index contributed by atoms with van der Waals surface area (Å²) < 4.78 is 10.3. The van der Waals surface area contributed by atoms with Crippen molar-refractivity contribution in [1.29, 1.82) is 0 Å². The summed E-state index contributed by atoms with van der Waals surface area (Å²) >= 11 is 0. The Hall–Kier alpha value is -1.06. The Balaban J connectivity index is 1.65. The van der Waals surface area contributed by atoms with Crippen molar-refractivity contribution >= 4 is 11.9 Å². The van der Waals surface area contributed by atoms with E-state index in [-0.39, 0.29) is 37.0 Å². The van der Waals surface area contributed by atoms with E-state index in [1.165, 1.54) is 12.8 Å². The minimum Gasteiger partial charge on any atom is -0.462 e. The van der Waals surface area contributed by atoms with Crippen LogP contribution in [0.4, 0.5) is 0 Å². The summed E-state index contributed by atoms with van der Waals surface area (Å²) in [5.74, 6) is 0.149. The van der Waals surface area contributed by atoms with Gasteiger partial charge in [-0.25, -0.2) is 0 Å². The second-order valence-electron chi connectivity index (χ2n) is 7.42. The van der Waals surface area contributed by atoms with Crippen LogP contribution in [0, 0.1) is 23.2 Å². The zero-order chi connectivity index (χ0) is 15.5. The minimum atomic E-state index is -0.153. The highest BCUT2D eigenvalue weighted by molar-refractivity contribution is 5.75. The van der Waals surface area contributed by atoms with E-state index in [0.717, 1.165) is 25.7 Å². The molecule has 2 aliphatic rings. The molecule has 0 heterocycles. The van der Waals surface area contributed by atoms with Crippen molar-refractivity contribution in [3.63, 3.8) is 0 Å². The molecule has 0 aromatic rings. The van der Waals surface area contributed by atoms with Gasteiger partial charge in [0.05, 0.1) is 11.8 Å². The molecular formula is C17H28O4. The zero-order valence-electron chi connectivity index (χ0n) is 13.5. The fourth-order valence-corrected chi connectivity index (χ4v) is 3.23. The first-order valence-electron chi connectivity index (χ1n) is 8.22. The van der Waals surface area contributed by atoms with Gasteiger partial charge < -0.3 is 9.47 Å². The molecule has 0 spiro atoms. The molecule has 120 valence electrons. The van der Waals surface area contributed by atoms with Crippen molar-refractivity contribution in [1.82, 2.24) is 0 Å². The van der Waals surface area contributed by atoms with Gasteiger partial charge in [0, 0.05) is 0 Å². The monoisotopic (exact) mass is 296 g/mol. The van der Waals surface area contributed by atoms with Gasteiger partial charge in [0.1, 0.15) is 13.2 Å². The van der Waals surface area contributed by atoms with Gasteiger partial charge in [-0.2, -0.15) is 0 Å². The van der Waals surface area contributed by atoms with Crippen LogP contribution in [-0.4, -0.2) is 25.2 Å². The number of ether oxygens (including phenoxy) is 2. The molecule has 0 bridgehead atoms. The van der Waals surface area contributed by atoms with Gasteiger partial charge in [0.25, 0.3) is 0 Å². The van der Waals surface area contributed by atoms with Gasteiger partial charge in [-0.1, -0.05) is 27.2 Å². The summed E-state index contributed by atoms with van der Waals surface area (Å²) in [6.07, 6.45) is 6.49. The van der Waals surface area contributed by atoms with E-state index in [1.54, 1.807) is 0 Å². The maximum Gasteiger partial charge on any atom is 0.309 e. The van der Waals surface area contributed by atoms with E-state index in [4.69, 9.17) is 9.47 Å². The third-order valence-corrected chi connectivity index (χ3v) is 4.80. The van der Waals surface area contributed by atoms with Crippen molar-refractivity contribution in [3.8, 4) is 0 Å². The quantitative estimate of drug-likeness (QED) is 0.557. The van der Waals surface area contributed by atoms with E-state index in [2.05, 4.69) is 13.8 Å². The predicted molar refractivity (Wildman–Crippen MR) is 79.5 cm³/mol. The molecule has 0 aromatic carbocycles. The number of rotatable bonds is 6. The predicted octanol–water partition coefficient (Wildman–Crippen LogP) is 3.34. The summed E-state index contributed by atoms with van der Waals surface area (Å²) in [4.78, 5) is 23.4. The summed E-state index contributed by atoms with van der Waals surface area (Å²) in [5, 5.41) is 0. The van der Waals surface area contributed by atoms with Crippen molar-refractivity contribution in [2.75, 3.05) is 13.2 Å². The van der Waals surface area contributed by atoms with Gasteiger partial charge in [-0.3, -0.25) is 9.59 Å². The number of hydrogen-bond donors (Lipinski definition) is 0. The van der Waals surface area contributed by atoms with E-state index in [1.807, 2.05) is 6.92 Å². The van der Waals surface area contributed by atoms with Crippen LogP contribution in [0.15, 0.2) is 0 Å². The van der Waals surface area contributed by atoms with Gasteiger partial charge >= 0.3 is 11.9 Å². The first-order chi connectivity index (χ1) is 9.89. The van der Waals surface area contributed by atoms with E-state index >= 15 is 0 Å². The Bertz CT molecular complexity index is 384. The molecule has 21 heavy (non-hydrogen) atoms. The third-order valence-electron chi connectivity index (χ3n) is 4.80. The Labute approximate surface area is 127 Å². The molecule has 0 N–H and O–H groups in total. The molecule has 2 rings (SSSR count). The van der Waals surface area contributed by atoms with Gasteiger partial charge in [0.2, 0.25) is 0 Å². The fourth-order valence-electron chi connectivity index (χ4n) is 3.23. The molecule has 2 saturated carbocycles. The van der Waals surface area contributed by atoms with Crippen LogP contribution in [0.3, 0.4) is 0 Å². The first-order valence-corrected chi connectivity index (χ1v) is 8.22. The maximum absolute atomic E-state index is 12.1. The number of carbonyl (C=O) groups excluding carboxylic acids is 2. The highest BCUT2D eigenvalue weighted by Gasteiger charge is 2.34. The van der Waals surface area contributed by atoms with E-state index < -0.39 is 0 Å². The summed E-state index contributed by atoms with van der Waals surface area (Å²) in [5.41, 5.74) is 0.331. The second-order valence-corrected chi connectivity index (χ2v) is 7.42. The number of carbonyl (C=O) groups is 2. The average molecular weight is 296 g/mol. The van der Waals surface area contributed by atoms with Crippen molar-refractivity contribution in [2.24, 2.45) is 23.2 Å². The molecule has 2 atom stereocenters. The second kappa shape index (κ2) is 6.80. The number of esters is 2. The molecule has 4 heteroatoms. The molecule has 2 aliphatic carbocycles.